The number of ether oxygens (including phenoxy) is 1. The van der Waals surface area contributed by atoms with E-state index in [9.17, 15) is 4.79 Å². The van der Waals surface area contributed by atoms with Crippen LogP contribution < -0.4 is 4.90 Å². The van der Waals surface area contributed by atoms with Gasteiger partial charge in [-0.1, -0.05) is 0 Å². The third kappa shape index (κ3) is 4.15. The molecule has 2 heterocycles. The van der Waals surface area contributed by atoms with Crippen LogP contribution in [0.5, 0.6) is 0 Å². The zero-order valence-corrected chi connectivity index (χ0v) is 12.7. The first-order valence-corrected chi connectivity index (χ1v) is 7.27. The number of carbonyl (C=O) groups is 1. The van der Waals surface area contributed by atoms with Crippen LogP contribution >= 0.6 is 0 Å². The zero-order valence-electron chi connectivity index (χ0n) is 12.7. The van der Waals surface area contributed by atoms with E-state index in [2.05, 4.69) is 4.98 Å². The van der Waals surface area contributed by atoms with E-state index in [0.29, 0.717) is 25.3 Å². The third-order valence-corrected chi connectivity index (χ3v) is 3.62. The van der Waals surface area contributed by atoms with Crippen molar-refractivity contribution in [2.75, 3.05) is 45.3 Å². The molecule has 0 atom stereocenters. The van der Waals surface area contributed by atoms with Crippen molar-refractivity contribution < 1.29 is 14.6 Å². The standard InChI is InChI=1S/C15H23N3O3/c1-17(2)14-11-12(3-6-16-14)15(20)18-7-4-13(5-8-18)21-10-9-19/h3,6,11,13,19H,4-5,7-10H2,1-2H3. The van der Waals surface area contributed by atoms with E-state index in [1.165, 1.54) is 0 Å². The summed E-state index contributed by atoms with van der Waals surface area (Å²) < 4.78 is 5.51. The number of likely N-dealkylation sites (tertiary alicyclic amines) is 1. The fourth-order valence-corrected chi connectivity index (χ4v) is 2.42. The van der Waals surface area contributed by atoms with E-state index in [1.54, 1.807) is 12.3 Å². The van der Waals surface area contributed by atoms with Gasteiger partial charge in [0.1, 0.15) is 5.82 Å². The van der Waals surface area contributed by atoms with Crippen molar-refractivity contribution in [1.82, 2.24) is 9.88 Å². The van der Waals surface area contributed by atoms with E-state index in [-0.39, 0.29) is 18.6 Å². The molecule has 1 aliphatic rings. The second kappa shape index (κ2) is 7.38. The van der Waals surface area contributed by atoms with Crippen molar-refractivity contribution in [1.29, 1.82) is 0 Å². The van der Waals surface area contributed by atoms with Gasteiger partial charge in [-0.25, -0.2) is 4.98 Å². The van der Waals surface area contributed by atoms with Crippen molar-refractivity contribution in [3.05, 3.63) is 23.9 Å². The number of nitrogens with zero attached hydrogens (tertiary/aromatic N) is 3. The van der Waals surface area contributed by atoms with Gasteiger partial charge in [-0.3, -0.25) is 4.79 Å². The molecule has 116 valence electrons. The average molecular weight is 293 g/mol. The molecule has 1 amide bonds. The smallest absolute Gasteiger partial charge is 0.254 e. The fraction of sp³-hybridized carbons (Fsp3) is 0.600. The third-order valence-electron chi connectivity index (χ3n) is 3.62. The van der Waals surface area contributed by atoms with Gasteiger partial charge in [0, 0.05) is 38.9 Å². The minimum atomic E-state index is 0.0427. The molecule has 0 unspecified atom stereocenters. The molecule has 0 radical (unpaired) electrons. The second-order valence-corrected chi connectivity index (χ2v) is 5.38. The summed E-state index contributed by atoms with van der Waals surface area (Å²) in [6.07, 6.45) is 3.45. The predicted octanol–water partition coefficient (Wildman–Crippen LogP) is 0.761. The van der Waals surface area contributed by atoms with Crippen molar-refractivity contribution >= 4 is 11.7 Å². The largest absolute Gasteiger partial charge is 0.394 e. The summed E-state index contributed by atoms with van der Waals surface area (Å²) in [6, 6.07) is 3.57. The maximum Gasteiger partial charge on any atom is 0.254 e. The van der Waals surface area contributed by atoms with Gasteiger partial charge in [0.2, 0.25) is 0 Å². The highest BCUT2D eigenvalue weighted by Crippen LogP contribution is 2.17. The normalized spacial score (nSPS) is 16.0. The van der Waals surface area contributed by atoms with Crippen molar-refractivity contribution in [3.8, 4) is 0 Å². The molecule has 0 saturated carbocycles. The Labute approximate surface area is 125 Å². The summed E-state index contributed by atoms with van der Waals surface area (Å²) in [5, 5.41) is 8.76. The Bertz CT molecular complexity index is 471. The van der Waals surface area contributed by atoms with Crippen LogP contribution in [0.15, 0.2) is 18.3 Å². The molecule has 2 rings (SSSR count). The number of rotatable bonds is 5. The van der Waals surface area contributed by atoms with E-state index >= 15 is 0 Å². The van der Waals surface area contributed by atoms with Crippen LogP contribution in [0.25, 0.3) is 0 Å². The lowest BCUT2D eigenvalue weighted by atomic mass is 10.1. The first-order chi connectivity index (χ1) is 10.1. The van der Waals surface area contributed by atoms with Gasteiger partial charge >= 0.3 is 0 Å². The number of aliphatic hydroxyl groups excluding tert-OH is 1. The van der Waals surface area contributed by atoms with Crippen LogP contribution in [-0.2, 0) is 4.74 Å². The molecule has 0 aromatic carbocycles. The molecule has 1 N–H and O–H groups in total. The molecule has 21 heavy (non-hydrogen) atoms. The molecule has 1 aliphatic heterocycles. The molecule has 1 saturated heterocycles. The Hall–Kier alpha value is -1.66. The lowest BCUT2D eigenvalue weighted by molar-refractivity contribution is -0.00554. The number of piperidine rings is 1. The maximum atomic E-state index is 12.5. The van der Waals surface area contributed by atoms with Crippen LogP contribution in [0, 0.1) is 0 Å². The molecule has 0 aliphatic carbocycles. The van der Waals surface area contributed by atoms with Crippen molar-refractivity contribution in [3.63, 3.8) is 0 Å². The van der Waals surface area contributed by atoms with Gasteiger partial charge in [0.15, 0.2) is 0 Å². The molecule has 6 nitrogen and oxygen atoms in total. The Balaban J connectivity index is 1.94. The monoisotopic (exact) mass is 293 g/mol. The summed E-state index contributed by atoms with van der Waals surface area (Å²) in [4.78, 5) is 20.5. The van der Waals surface area contributed by atoms with Gasteiger partial charge < -0.3 is 19.6 Å². The number of aromatic nitrogens is 1. The van der Waals surface area contributed by atoms with E-state index in [1.807, 2.05) is 30.0 Å². The number of pyridine rings is 1. The molecular formula is C15H23N3O3. The van der Waals surface area contributed by atoms with Crippen LogP contribution in [0.3, 0.4) is 0 Å². The van der Waals surface area contributed by atoms with Crippen LogP contribution in [-0.4, -0.2) is 67.4 Å². The van der Waals surface area contributed by atoms with Crippen LogP contribution in [0.4, 0.5) is 5.82 Å². The molecule has 0 spiro atoms. The Morgan fingerprint density at radius 2 is 2.19 bits per heavy atom. The van der Waals surface area contributed by atoms with Gasteiger partial charge in [-0.2, -0.15) is 0 Å². The predicted molar refractivity (Wildman–Crippen MR) is 80.5 cm³/mol. The molecular weight excluding hydrogens is 270 g/mol. The zero-order chi connectivity index (χ0) is 15.2. The number of hydrogen-bond acceptors (Lipinski definition) is 5. The molecule has 1 aromatic heterocycles. The van der Waals surface area contributed by atoms with E-state index in [4.69, 9.17) is 9.84 Å². The van der Waals surface area contributed by atoms with Gasteiger partial charge in [0.05, 0.1) is 19.3 Å². The lowest BCUT2D eigenvalue weighted by Gasteiger charge is -2.32. The summed E-state index contributed by atoms with van der Waals surface area (Å²) in [5.41, 5.74) is 0.670. The van der Waals surface area contributed by atoms with Crippen LogP contribution in [0.2, 0.25) is 0 Å². The molecule has 0 bridgehead atoms. The Morgan fingerprint density at radius 1 is 1.48 bits per heavy atom. The van der Waals surface area contributed by atoms with Gasteiger partial charge in [-0.05, 0) is 25.0 Å². The summed E-state index contributed by atoms with van der Waals surface area (Å²) >= 11 is 0. The van der Waals surface area contributed by atoms with Gasteiger partial charge in [0.25, 0.3) is 5.91 Å². The van der Waals surface area contributed by atoms with E-state index in [0.717, 1.165) is 18.7 Å². The number of amides is 1. The minimum Gasteiger partial charge on any atom is -0.394 e. The Morgan fingerprint density at radius 3 is 2.81 bits per heavy atom. The van der Waals surface area contributed by atoms with Crippen LogP contribution in [0.1, 0.15) is 23.2 Å². The number of anilines is 1. The highest BCUT2D eigenvalue weighted by Gasteiger charge is 2.24. The first-order valence-electron chi connectivity index (χ1n) is 7.27. The molecule has 1 aromatic rings. The van der Waals surface area contributed by atoms with Crippen molar-refractivity contribution in [2.24, 2.45) is 0 Å². The highest BCUT2D eigenvalue weighted by atomic mass is 16.5. The van der Waals surface area contributed by atoms with Gasteiger partial charge in [-0.15, -0.1) is 0 Å². The minimum absolute atomic E-state index is 0.0427. The quantitative estimate of drug-likeness (QED) is 0.868. The number of aliphatic hydroxyl groups is 1. The topological polar surface area (TPSA) is 65.9 Å². The van der Waals surface area contributed by atoms with Crippen molar-refractivity contribution in [2.45, 2.75) is 18.9 Å². The number of hydrogen-bond donors (Lipinski definition) is 1. The summed E-state index contributed by atoms with van der Waals surface area (Å²) in [7, 11) is 3.81. The lowest BCUT2D eigenvalue weighted by Crippen LogP contribution is -2.41. The second-order valence-electron chi connectivity index (χ2n) is 5.38. The SMILES string of the molecule is CN(C)c1cc(C(=O)N2CCC(OCCO)CC2)ccn1. The highest BCUT2D eigenvalue weighted by molar-refractivity contribution is 5.94. The summed E-state index contributed by atoms with van der Waals surface area (Å²) in [5.74, 6) is 0.822. The maximum absolute atomic E-state index is 12.5. The fourth-order valence-electron chi connectivity index (χ4n) is 2.42. The summed E-state index contributed by atoms with van der Waals surface area (Å²) in [6.45, 7) is 1.79. The Kier molecular flexibility index (Phi) is 5.52. The van der Waals surface area contributed by atoms with E-state index < -0.39 is 0 Å². The molecule has 1 fully saturated rings. The first kappa shape index (κ1) is 15.7. The average Bonchev–Trinajstić information content (AvgIpc) is 2.53. The molecule has 6 heteroatoms. The number of carbonyl (C=O) groups excluding carboxylic acids is 1.